The molecule has 0 unspecified atom stereocenters. The number of anilines is 1. The molecule has 0 saturated heterocycles. The molecule has 3 atom stereocenters. The minimum Gasteiger partial charge on any atom is -0.341 e. The molecule has 1 heterocycles. The van der Waals surface area contributed by atoms with E-state index in [2.05, 4.69) is 46.6 Å². The molecule has 31 heavy (non-hydrogen) atoms. The summed E-state index contributed by atoms with van der Waals surface area (Å²) >= 11 is 0. The zero-order valence-corrected chi connectivity index (χ0v) is 19.2. The van der Waals surface area contributed by atoms with Gasteiger partial charge < -0.3 is 10.6 Å². The molecule has 2 N–H and O–H groups in total. The van der Waals surface area contributed by atoms with Gasteiger partial charge in [-0.15, -0.1) is 0 Å². The summed E-state index contributed by atoms with van der Waals surface area (Å²) in [5.41, 5.74) is 2.43. The average molecular weight is 423 g/mol. The number of aryl methyl sites for hydroxylation is 1. The Kier molecular flexibility index (Phi) is 7.08. The van der Waals surface area contributed by atoms with E-state index < -0.39 is 11.8 Å². The summed E-state index contributed by atoms with van der Waals surface area (Å²) < 4.78 is 0. The summed E-state index contributed by atoms with van der Waals surface area (Å²) in [6.07, 6.45) is 7.54. The van der Waals surface area contributed by atoms with E-state index in [1.807, 2.05) is 32.9 Å². The summed E-state index contributed by atoms with van der Waals surface area (Å²) in [6.45, 7) is 10.4. The van der Waals surface area contributed by atoms with E-state index in [0.717, 1.165) is 30.4 Å². The van der Waals surface area contributed by atoms with E-state index in [0.29, 0.717) is 23.3 Å². The van der Waals surface area contributed by atoms with Crippen LogP contribution in [0.5, 0.6) is 0 Å². The average Bonchev–Trinajstić information content (AvgIpc) is 2.72. The van der Waals surface area contributed by atoms with Gasteiger partial charge in [-0.2, -0.15) is 0 Å². The Hall–Kier alpha value is -2.76. The zero-order valence-electron chi connectivity index (χ0n) is 19.2. The van der Waals surface area contributed by atoms with E-state index in [1.54, 1.807) is 12.4 Å². The van der Waals surface area contributed by atoms with Crippen LogP contribution in [0.2, 0.25) is 0 Å². The Morgan fingerprint density at radius 1 is 1.06 bits per heavy atom. The van der Waals surface area contributed by atoms with Gasteiger partial charge in [-0.05, 0) is 42.7 Å². The van der Waals surface area contributed by atoms with E-state index in [-0.39, 0.29) is 11.5 Å². The third-order valence-corrected chi connectivity index (χ3v) is 6.05. The Morgan fingerprint density at radius 3 is 2.35 bits per heavy atom. The van der Waals surface area contributed by atoms with Crippen LogP contribution in [-0.4, -0.2) is 21.8 Å². The number of nitrogens with zero attached hydrogens (tertiary/aromatic N) is 2. The van der Waals surface area contributed by atoms with Gasteiger partial charge in [0.15, 0.2) is 0 Å². The topological polar surface area (TPSA) is 84.0 Å². The minimum atomic E-state index is -0.699. The lowest BCUT2D eigenvalue weighted by Gasteiger charge is -2.34. The Morgan fingerprint density at radius 2 is 1.74 bits per heavy atom. The van der Waals surface area contributed by atoms with Crippen molar-refractivity contribution < 1.29 is 9.59 Å². The highest BCUT2D eigenvalue weighted by molar-refractivity contribution is 6.39. The van der Waals surface area contributed by atoms with Crippen molar-refractivity contribution >= 4 is 17.5 Å². The van der Waals surface area contributed by atoms with E-state index in [1.165, 1.54) is 6.42 Å². The molecule has 0 bridgehead atoms. The fourth-order valence-corrected chi connectivity index (χ4v) is 4.34. The maximum absolute atomic E-state index is 12.8. The van der Waals surface area contributed by atoms with Gasteiger partial charge >= 0.3 is 11.8 Å². The molecular weight excluding hydrogens is 388 g/mol. The summed E-state index contributed by atoms with van der Waals surface area (Å²) in [5, 5.41) is 5.66. The van der Waals surface area contributed by atoms with Crippen LogP contribution in [0.15, 0.2) is 36.7 Å². The van der Waals surface area contributed by atoms with Crippen molar-refractivity contribution in [2.75, 3.05) is 5.32 Å². The fraction of sp³-hybridized carbons (Fsp3) is 0.520. The first-order valence-electron chi connectivity index (χ1n) is 11.1. The molecule has 1 saturated carbocycles. The quantitative estimate of drug-likeness (QED) is 0.699. The lowest BCUT2D eigenvalue weighted by atomic mass is 9.76. The second-order valence-electron chi connectivity index (χ2n) is 9.84. The number of hydrogen-bond donors (Lipinski definition) is 2. The third-order valence-electron chi connectivity index (χ3n) is 6.05. The number of nitrogens with one attached hydrogen (secondary N) is 2. The molecule has 1 aromatic carbocycles. The van der Waals surface area contributed by atoms with E-state index >= 15 is 0 Å². The van der Waals surface area contributed by atoms with Gasteiger partial charge in [0.2, 0.25) is 0 Å². The third kappa shape index (κ3) is 5.90. The number of amides is 2. The van der Waals surface area contributed by atoms with Crippen LogP contribution in [0, 0.1) is 18.8 Å². The zero-order chi connectivity index (χ0) is 22.6. The van der Waals surface area contributed by atoms with Crippen molar-refractivity contribution in [3.63, 3.8) is 0 Å². The van der Waals surface area contributed by atoms with Crippen LogP contribution in [0.1, 0.15) is 76.4 Å². The molecule has 1 fully saturated rings. The van der Waals surface area contributed by atoms with Gasteiger partial charge in [-0.1, -0.05) is 64.8 Å². The molecule has 0 radical (unpaired) electrons. The first-order valence-corrected chi connectivity index (χ1v) is 11.1. The second kappa shape index (κ2) is 9.58. The molecule has 2 aromatic rings. The van der Waals surface area contributed by atoms with Crippen LogP contribution < -0.4 is 10.6 Å². The smallest absolute Gasteiger partial charge is 0.313 e. The molecule has 3 rings (SSSR count). The number of hydrogen-bond acceptors (Lipinski definition) is 4. The van der Waals surface area contributed by atoms with Crippen LogP contribution >= 0.6 is 0 Å². The fourth-order valence-electron chi connectivity index (χ4n) is 4.34. The van der Waals surface area contributed by atoms with Crippen molar-refractivity contribution in [2.24, 2.45) is 11.8 Å². The normalized spacial score (nSPS) is 20.0. The molecule has 6 heteroatoms. The first-order chi connectivity index (χ1) is 14.6. The maximum atomic E-state index is 12.8. The van der Waals surface area contributed by atoms with Gasteiger partial charge in [-0.3, -0.25) is 9.59 Å². The van der Waals surface area contributed by atoms with Gasteiger partial charge in [0.05, 0.1) is 24.1 Å². The summed E-state index contributed by atoms with van der Waals surface area (Å²) in [5.74, 6) is 0.285. The molecule has 1 aliphatic rings. The van der Waals surface area contributed by atoms with E-state index in [4.69, 9.17) is 0 Å². The highest BCUT2D eigenvalue weighted by atomic mass is 16.2. The number of aromatic nitrogens is 2. The van der Waals surface area contributed by atoms with Crippen LogP contribution in [0.25, 0.3) is 0 Å². The van der Waals surface area contributed by atoms with Crippen LogP contribution in [0.4, 0.5) is 5.69 Å². The number of carbonyl (C=O) groups is 2. The van der Waals surface area contributed by atoms with Crippen molar-refractivity contribution in [3.05, 3.63) is 53.6 Å². The Balaban J connectivity index is 1.73. The molecular formula is C25H34N4O2. The highest BCUT2D eigenvalue weighted by Gasteiger charge is 2.31. The number of benzene rings is 1. The van der Waals surface area contributed by atoms with Crippen LogP contribution in [0.3, 0.4) is 0 Å². The summed E-state index contributed by atoms with van der Waals surface area (Å²) in [7, 11) is 0. The Labute approximate surface area is 185 Å². The van der Waals surface area contributed by atoms with Crippen molar-refractivity contribution in [1.29, 1.82) is 0 Å². The summed E-state index contributed by atoms with van der Waals surface area (Å²) in [6, 6.07) is 7.91. The lowest BCUT2D eigenvalue weighted by Crippen LogP contribution is -2.41. The SMILES string of the molecule is Cc1ccccc1[C@H](NC(=O)C(=O)Nc1cnc(C(C)(C)C)nc1)[C@H]1CCC[C@H](C)C1. The predicted octanol–water partition coefficient (Wildman–Crippen LogP) is 4.70. The van der Waals surface area contributed by atoms with Gasteiger partial charge in [-0.25, -0.2) is 9.97 Å². The molecule has 0 spiro atoms. The monoisotopic (exact) mass is 422 g/mol. The second-order valence-corrected chi connectivity index (χ2v) is 9.84. The standard InChI is InChI=1S/C25H34N4O2/c1-16-9-8-11-18(13-16)21(20-12-7-6-10-17(20)2)29-23(31)22(30)28-19-14-26-24(27-15-19)25(3,4)5/h6-7,10,12,14-16,18,21H,8-9,11,13H2,1-5H3,(H,28,30)(H,29,31)/t16-,18-,21+/m0/s1. The molecule has 1 aromatic heterocycles. The van der Waals surface area contributed by atoms with E-state index in [9.17, 15) is 9.59 Å². The summed E-state index contributed by atoms with van der Waals surface area (Å²) in [4.78, 5) is 34.1. The van der Waals surface area contributed by atoms with Crippen LogP contribution in [-0.2, 0) is 15.0 Å². The van der Waals surface area contributed by atoms with Gasteiger partial charge in [0, 0.05) is 5.41 Å². The number of rotatable bonds is 4. The van der Waals surface area contributed by atoms with Crippen molar-refractivity contribution in [3.8, 4) is 0 Å². The largest absolute Gasteiger partial charge is 0.341 e. The number of carbonyl (C=O) groups excluding carboxylic acids is 2. The van der Waals surface area contributed by atoms with Gasteiger partial charge in [0.25, 0.3) is 0 Å². The molecule has 2 amide bonds. The highest BCUT2D eigenvalue weighted by Crippen LogP contribution is 2.38. The predicted molar refractivity (Wildman–Crippen MR) is 123 cm³/mol. The molecule has 1 aliphatic carbocycles. The first kappa shape index (κ1) is 22.9. The van der Waals surface area contributed by atoms with Gasteiger partial charge in [0.1, 0.15) is 5.82 Å². The Bertz CT molecular complexity index is 918. The molecule has 6 nitrogen and oxygen atoms in total. The molecule has 0 aliphatic heterocycles. The minimum absolute atomic E-state index is 0.179. The van der Waals surface area contributed by atoms with Crippen molar-refractivity contribution in [2.45, 2.75) is 71.8 Å². The molecule has 166 valence electrons. The maximum Gasteiger partial charge on any atom is 0.313 e. The van der Waals surface area contributed by atoms with Crippen molar-refractivity contribution in [1.82, 2.24) is 15.3 Å². The lowest BCUT2D eigenvalue weighted by molar-refractivity contribution is -0.137.